The summed E-state index contributed by atoms with van der Waals surface area (Å²) in [6.07, 6.45) is 7.44. The van der Waals surface area contributed by atoms with Crippen molar-refractivity contribution in [3.63, 3.8) is 0 Å². The highest BCUT2D eigenvalue weighted by molar-refractivity contribution is 4.88. The fourth-order valence-corrected chi connectivity index (χ4v) is 3.11. The van der Waals surface area contributed by atoms with Gasteiger partial charge in [0.05, 0.1) is 6.61 Å². The molecule has 0 radical (unpaired) electrons. The zero-order valence-electron chi connectivity index (χ0n) is 13.5. The lowest BCUT2D eigenvalue weighted by Crippen LogP contribution is -2.51. The second kappa shape index (κ2) is 8.51. The Labute approximate surface area is 128 Å². The number of aryl methyl sites for hydroxylation is 2. The van der Waals surface area contributed by atoms with Gasteiger partial charge in [-0.15, -0.1) is 0 Å². The van der Waals surface area contributed by atoms with Crippen molar-refractivity contribution in [1.82, 2.24) is 19.4 Å². The van der Waals surface area contributed by atoms with Gasteiger partial charge in [0.25, 0.3) is 0 Å². The van der Waals surface area contributed by atoms with Crippen LogP contribution in [0, 0.1) is 6.92 Å². The Morgan fingerprint density at radius 1 is 1.19 bits per heavy atom. The quantitative estimate of drug-likeness (QED) is 0.735. The van der Waals surface area contributed by atoms with Crippen molar-refractivity contribution in [2.45, 2.75) is 45.7 Å². The number of imidazole rings is 1. The maximum Gasteiger partial charge on any atom is 0.105 e. The molecule has 1 aliphatic heterocycles. The van der Waals surface area contributed by atoms with E-state index in [9.17, 15) is 5.11 Å². The minimum Gasteiger partial charge on any atom is -0.395 e. The molecule has 2 heterocycles. The number of rotatable bonds is 8. The number of aromatic nitrogens is 2. The molecule has 1 aromatic rings. The van der Waals surface area contributed by atoms with Crippen molar-refractivity contribution in [2.75, 3.05) is 39.3 Å². The van der Waals surface area contributed by atoms with Crippen LogP contribution in [0.5, 0.6) is 0 Å². The third-order valence-electron chi connectivity index (χ3n) is 4.65. The van der Waals surface area contributed by atoms with Gasteiger partial charge in [0.15, 0.2) is 0 Å². The molecule has 1 aromatic heterocycles. The lowest BCUT2D eigenvalue weighted by atomic mass is 10.1. The monoisotopic (exact) mass is 294 g/mol. The molecule has 0 spiro atoms. The van der Waals surface area contributed by atoms with Gasteiger partial charge in [0.2, 0.25) is 0 Å². The van der Waals surface area contributed by atoms with Crippen molar-refractivity contribution >= 4 is 0 Å². The summed E-state index contributed by atoms with van der Waals surface area (Å²) in [4.78, 5) is 9.25. The molecule has 1 aliphatic rings. The van der Waals surface area contributed by atoms with Gasteiger partial charge >= 0.3 is 0 Å². The fourth-order valence-electron chi connectivity index (χ4n) is 3.11. The summed E-state index contributed by atoms with van der Waals surface area (Å²) in [6.45, 7) is 11.3. The second-order valence-electron chi connectivity index (χ2n) is 6.00. The summed E-state index contributed by atoms with van der Waals surface area (Å²) in [7, 11) is 0. The molecule has 0 saturated carbocycles. The molecule has 0 aromatic carbocycles. The van der Waals surface area contributed by atoms with E-state index in [4.69, 9.17) is 0 Å². The van der Waals surface area contributed by atoms with Gasteiger partial charge in [-0.25, -0.2) is 4.98 Å². The van der Waals surface area contributed by atoms with Gasteiger partial charge in [0, 0.05) is 51.2 Å². The van der Waals surface area contributed by atoms with E-state index in [0.717, 1.165) is 45.0 Å². The zero-order valence-corrected chi connectivity index (χ0v) is 13.5. The van der Waals surface area contributed by atoms with E-state index in [2.05, 4.69) is 39.4 Å². The van der Waals surface area contributed by atoms with Crippen LogP contribution in [0.15, 0.2) is 12.4 Å². The first kappa shape index (κ1) is 16.5. The van der Waals surface area contributed by atoms with E-state index >= 15 is 0 Å². The highest BCUT2D eigenvalue weighted by Crippen LogP contribution is 2.10. The van der Waals surface area contributed by atoms with Gasteiger partial charge in [-0.1, -0.05) is 6.92 Å². The third-order valence-corrected chi connectivity index (χ3v) is 4.65. The van der Waals surface area contributed by atoms with Crippen LogP contribution in [0.25, 0.3) is 0 Å². The SMILES string of the molecule is CCC(CO)N1CCN(CCCCn2ccnc2C)CC1. The first-order valence-electron chi connectivity index (χ1n) is 8.29. The lowest BCUT2D eigenvalue weighted by molar-refractivity contribution is 0.0629. The van der Waals surface area contributed by atoms with Gasteiger partial charge in [-0.3, -0.25) is 4.90 Å². The average Bonchev–Trinajstić information content (AvgIpc) is 2.92. The Morgan fingerprint density at radius 2 is 1.90 bits per heavy atom. The molecule has 0 aliphatic carbocycles. The Bertz CT molecular complexity index is 395. The van der Waals surface area contributed by atoms with Gasteiger partial charge in [-0.05, 0) is 32.7 Å². The number of piperazine rings is 1. The van der Waals surface area contributed by atoms with Crippen LogP contribution in [0.3, 0.4) is 0 Å². The molecule has 1 saturated heterocycles. The van der Waals surface area contributed by atoms with E-state index < -0.39 is 0 Å². The molecule has 1 fully saturated rings. The molecular weight excluding hydrogens is 264 g/mol. The minimum atomic E-state index is 0.292. The predicted octanol–water partition coefficient (Wildman–Crippen LogP) is 1.36. The standard InChI is InChI=1S/C16H30N4O/c1-3-16(14-21)20-12-10-18(11-13-20)7-4-5-8-19-9-6-17-15(19)2/h6,9,16,21H,3-5,7-8,10-14H2,1-2H3. The molecule has 2 rings (SSSR count). The maximum absolute atomic E-state index is 9.37. The summed E-state index contributed by atoms with van der Waals surface area (Å²) in [5.74, 6) is 1.11. The van der Waals surface area contributed by atoms with E-state index in [-0.39, 0.29) is 0 Å². The third kappa shape index (κ3) is 4.80. The topological polar surface area (TPSA) is 44.5 Å². The fraction of sp³-hybridized carbons (Fsp3) is 0.812. The van der Waals surface area contributed by atoms with Gasteiger partial charge < -0.3 is 14.6 Å². The Balaban J connectivity index is 1.60. The molecule has 5 nitrogen and oxygen atoms in total. The van der Waals surface area contributed by atoms with Crippen molar-refractivity contribution in [2.24, 2.45) is 0 Å². The van der Waals surface area contributed by atoms with E-state index in [1.165, 1.54) is 19.4 Å². The summed E-state index contributed by atoms with van der Waals surface area (Å²) in [5, 5.41) is 9.37. The highest BCUT2D eigenvalue weighted by atomic mass is 16.3. The smallest absolute Gasteiger partial charge is 0.105 e. The molecule has 0 bridgehead atoms. The Morgan fingerprint density at radius 3 is 2.48 bits per heavy atom. The molecule has 0 amide bonds. The van der Waals surface area contributed by atoms with Crippen LogP contribution in [-0.4, -0.2) is 69.8 Å². The average molecular weight is 294 g/mol. The van der Waals surface area contributed by atoms with E-state index in [1.54, 1.807) is 0 Å². The molecule has 120 valence electrons. The van der Waals surface area contributed by atoms with Crippen LogP contribution >= 0.6 is 0 Å². The van der Waals surface area contributed by atoms with Crippen molar-refractivity contribution in [1.29, 1.82) is 0 Å². The molecule has 1 N–H and O–H groups in total. The lowest BCUT2D eigenvalue weighted by Gasteiger charge is -2.38. The maximum atomic E-state index is 9.37. The normalized spacial score (nSPS) is 19.0. The Hall–Kier alpha value is -0.910. The van der Waals surface area contributed by atoms with Gasteiger partial charge in [-0.2, -0.15) is 0 Å². The van der Waals surface area contributed by atoms with Crippen LogP contribution in [0.1, 0.15) is 32.0 Å². The van der Waals surface area contributed by atoms with Crippen LogP contribution in [0.2, 0.25) is 0 Å². The molecule has 21 heavy (non-hydrogen) atoms. The first-order chi connectivity index (χ1) is 10.2. The highest BCUT2D eigenvalue weighted by Gasteiger charge is 2.21. The largest absolute Gasteiger partial charge is 0.395 e. The molecular formula is C16H30N4O. The van der Waals surface area contributed by atoms with Crippen molar-refractivity contribution in [3.8, 4) is 0 Å². The number of aliphatic hydroxyl groups excluding tert-OH is 1. The number of unbranched alkanes of at least 4 members (excludes halogenated alkanes) is 1. The van der Waals surface area contributed by atoms with Crippen molar-refractivity contribution < 1.29 is 5.11 Å². The van der Waals surface area contributed by atoms with Crippen LogP contribution < -0.4 is 0 Å². The number of nitrogens with zero attached hydrogens (tertiary/aromatic N) is 4. The van der Waals surface area contributed by atoms with Crippen molar-refractivity contribution in [3.05, 3.63) is 18.2 Å². The Kier molecular flexibility index (Phi) is 6.67. The summed E-state index contributed by atoms with van der Waals surface area (Å²) in [6, 6.07) is 0.358. The zero-order chi connectivity index (χ0) is 15.1. The number of hydrogen-bond acceptors (Lipinski definition) is 4. The van der Waals surface area contributed by atoms with Crippen LogP contribution in [-0.2, 0) is 6.54 Å². The predicted molar refractivity (Wildman–Crippen MR) is 85.4 cm³/mol. The van der Waals surface area contributed by atoms with E-state index in [0.29, 0.717) is 12.6 Å². The molecule has 1 unspecified atom stereocenters. The first-order valence-corrected chi connectivity index (χ1v) is 8.29. The van der Waals surface area contributed by atoms with Gasteiger partial charge in [0.1, 0.15) is 5.82 Å². The van der Waals surface area contributed by atoms with E-state index in [1.807, 2.05) is 6.20 Å². The number of hydrogen-bond donors (Lipinski definition) is 1. The minimum absolute atomic E-state index is 0.292. The summed E-state index contributed by atoms with van der Waals surface area (Å²) in [5.41, 5.74) is 0. The summed E-state index contributed by atoms with van der Waals surface area (Å²) < 4.78 is 2.23. The number of aliphatic hydroxyl groups is 1. The molecule has 1 atom stereocenters. The van der Waals surface area contributed by atoms with Crippen LogP contribution in [0.4, 0.5) is 0 Å². The molecule has 5 heteroatoms. The second-order valence-corrected chi connectivity index (χ2v) is 6.00. The summed E-state index contributed by atoms with van der Waals surface area (Å²) >= 11 is 0.